The SMILES string of the molecule is C=CC(=O)N1C(C)(C)CC(O)CC1(C)C. The predicted molar refractivity (Wildman–Crippen MR) is 60.4 cm³/mol. The Balaban J connectivity index is 3.07. The van der Waals surface area contributed by atoms with E-state index >= 15 is 0 Å². The lowest BCUT2D eigenvalue weighted by Gasteiger charge is -2.54. The number of carbonyl (C=O) groups is 1. The second kappa shape index (κ2) is 3.63. The quantitative estimate of drug-likeness (QED) is 0.671. The highest BCUT2D eigenvalue weighted by Gasteiger charge is 2.46. The molecule has 3 heteroatoms. The van der Waals surface area contributed by atoms with Crippen molar-refractivity contribution in [1.29, 1.82) is 0 Å². The molecule has 1 saturated heterocycles. The molecule has 86 valence electrons. The Morgan fingerprint density at radius 2 is 1.73 bits per heavy atom. The first-order chi connectivity index (χ1) is 6.70. The average Bonchev–Trinajstić information content (AvgIpc) is 1.97. The minimum absolute atomic E-state index is 0.0584. The number of likely N-dealkylation sites (tertiary alicyclic amines) is 1. The number of hydrogen-bond donors (Lipinski definition) is 1. The molecule has 0 spiro atoms. The van der Waals surface area contributed by atoms with Crippen LogP contribution in [0.3, 0.4) is 0 Å². The summed E-state index contributed by atoms with van der Waals surface area (Å²) in [4.78, 5) is 13.7. The number of amides is 1. The van der Waals surface area contributed by atoms with E-state index in [0.29, 0.717) is 12.8 Å². The highest BCUT2D eigenvalue weighted by molar-refractivity contribution is 5.88. The van der Waals surface area contributed by atoms with E-state index in [2.05, 4.69) is 6.58 Å². The van der Waals surface area contributed by atoms with Gasteiger partial charge in [0.1, 0.15) is 0 Å². The third kappa shape index (κ3) is 2.23. The van der Waals surface area contributed by atoms with Crippen LogP contribution in [0.15, 0.2) is 12.7 Å². The fourth-order valence-electron chi connectivity index (χ4n) is 2.92. The topological polar surface area (TPSA) is 40.5 Å². The van der Waals surface area contributed by atoms with Gasteiger partial charge in [0.2, 0.25) is 5.91 Å². The van der Waals surface area contributed by atoms with Crippen LogP contribution in [-0.4, -0.2) is 33.1 Å². The van der Waals surface area contributed by atoms with Crippen molar-refractivity contribution in [1.82, 2.24) is 4.90 Å². The lowest BCUT2D eigenvalue weighted by Crippen LogP contribution is -2.63. The zero-order chi connectivity index (χ0) is 11.9. The highest BCUT2D eigenvalue weighted by atomic mass is 16.3. The van der Waals surface area contributed by atoms with Crippen LogP contribution < -0.4 is 0 Å². The summed E-state index contributed by atoms with van der Waals surface area (Å²) in [5.74, 6) is -0.0584. The van der Waals surface area contributed by atoms with E-state index in [0.717, 1.165) is 0 Å². The summed E-state index contributed by atoms with van der Waals surface area (Å²) in [6.45, 7) is 11.5. The molecule has 3 nitrogen and oxygen atoms in total. The molecule has 1 aliphatic heterocycles. The van der Waals surface area contributed by atoms with Crippen LogP contribution in [0, 0.1) is 0 Å². The van der Waals surface area contributed by atoms with Gasteiger partial charge in [0, 0.05) is 11.1 Å². The fourth-order valence-corrected chi connectivity index (χ4v) is 2.92. The Kier molecular flexibility index (Phi) is 2.97. The Morgan fingerprint density at radius 3 is 2.07 bits per heavy atom. The Bertz CT molecular complexity index is 263. The minimum Gasteiger partial charge on any atom is -0.393 e. The van der Waals surface area contributed by atoms with Crippen molar-refractivity contribution >= 4 is 5.91 Å². The molecule has 0 aromatic carbocycles. The number of aliphatic hydroxyl groups excluding tert-OH is 1. The summed E-state index contributed by atoms with van der Waals surface area (Å²) in [7, 11) is 0. The van der Waals surface area contributed by atoms with E-state index in [4.69, 9.17) is 0 Å². The molecule has 1 amide bonds. The molecule has 0 atom stereocenters. The molecule has 0 aromatic rings. The Hall–Kier alpha value is -0.830. The second-order valence-corrected chi connectivity index (χ2v) is 5.56. The van der Waals surface area contributed by atoms with Gasteiger partial charge in [-0.1, -0.05) is 6.58 Å². The van der Waals surface area contributed by atoms with Gasteiger partial charge in [0.05, 0.1) is 6.10 Å². The average molecular weight is 211 g/mol. The Labute approximate surface area is 91.8 Å². The van der Waals surface area contributed by atoms with Crippen molar-refractivity contribution < 1.29 is 9.90 Å². The van der Waals surface area contributed by atoms with Crippen molar-refractivity contribution in [3.63, 3.8) is 0 Å². The maximum atomic E-state index is 11.8. The van der Waals surface area contributed by atoms with Gasteiger partial charge in [-0.3, -0.25) is 4.79 Å². The summed E-state index contributed by atoms with van der Waals surface area (Å²) in [6.07, 6.45) is 2.26. The molecule has 0 unspecified atom stereocenters. The third-order valence-electron chi connectivity index (χ3n) is 3.08. The smallest absolute Gasteiger partial charge is 0.246 e. The molecule has 0 radical (unpaired) electrons. The molecule has 1 rings (SSSR count). The largest absolute Gasteiger partial charge is 0.393 e. The lowest BCUT2D eigenvalue weighted by atomic mass is 9.78. The number of nitrogens with zero attached hydrogens (tertiary/aromatic N) is 1. The van der Waals surface area contributed by atoms with Crippen molar-refractivity contribution in [2.75, 3.05) is 0 Å². The van der Waals surface area contributed by atoms with Crippen LogP contribution in [-0.2, 0) is 4.79 Å². The molecule has 15 heavy (non-hydrogen) atoms. The van der Waals surface area contributed by atoms with Gasteiger partial charge in [0.25, 0.3) is 0 Å². The maximum absolute atomic E-state index is 11.8. The fraction of sp³-hybridized carbons (Fsp3) is 0.750. The molecular weight excluding hydrogens is 190 g/mol. The molecule has 1 aliphatic rings. The van der Waals surface area contributed by atoms with Crippen molar-refractivity contribution in [2.24, 2.45) is 0 Å². The van der Waals surface area contributed by atoms with Crippen molar-refractivity contribution in [3.8, 4) is 0 Å². The van der Waals surface area contributed by atoms with Gasteiger partial charge in [-0.05, 0) is 46.6 Å². The standard InChI is InChI=1S/C12H21NO2/c1-6-10(15)13-11(2,3)7-9(14)8-12(13,4)5/h6,9,14H,1,7-8H2,2-5H3. The molecular formula is C12H21NO2. The van der Waals surface area contributed by atoms with Crippen molar-refractivity contribution in [2.45, 2.75) is 57.7 Å². The predicted octanol–water partition coefficient (Wildman–Crippen LogP) is 1.71. The molecule has 0 aromatic heterocycles. The molecule has 0 saturated carbocycles. The van der Waals surface area contributed by atoms with Crippen LogP contribution in [0.1, 0.15) is 40.5 Å². The van der Waals surface area contributed by atoms with Crippen LogP contribution in [0.4, 0.5) is 0 Å². The van der Waals surface area contributed by atoms with E-state index in [1.807, 2.05) is 32.6 Å². The molecule has 1 heterocycles. The van der Waals surface area contributed by atoms with Gasteiger partial charge < -0.3 is 10.0 Å². The molecule has 1 fully saturated rings. The zero-order valence-corrected chi connectivity index (χ0v) is 10.1. The summed E-state index contributed by atoms with van der Waals surface area (Å²) in [5.41, 5.74) is -0.626. The van der Waals surface area contributed by atoms with Gasteiger partial charge in [0.15, 0.2) is 0 Å². The summed E-state index contributed by atoms with van der Waals surface area (Å²) >= 11 is 0. The number of piperidine rings is 1. The highest BCUT2D eigenvalue weighted by Crippen LogP contribution is 2.38. The van der Waals surface area contributed by atoms with Gasteiger partial charge in [-0.25, -0.2) is 0 Å². The van der Waals surface area contributed by atoms with Crippen molar-refractivity contribution in [3.05, 3.63) is 12.7 Å². The Morgan fingerprint density at radius 1 is 1.33 bits per heavy atom. The summed E-state index contributed by atoms with van der Waals surface area (Å²) in [6, 6.07) is 0. The normalized spacial score (nSPS) is 25.0. The summed E-state index contributed by atoms with van der Waals surface area (Å²) in [5, 5.41) is 9.79. The van der Waals surface area contributed by atoms with E-state index in [1.165, 1.54) is 6.08 Å². The van der Waals surface area contributed by atoms with Crippen LogP contribution in [0.5, 0.6) is 0 Å². The van der Waals surface area contributed by atoms with E-state index in [-0.39, 0.29) is 23.1 Å². The van der Waals surface area contributed by atoms with Crippen LogP contribution >= 0.6 is 0 Å². The maximum Gasteiger partial charge on any atom is 0.246 e. The van der Waals surface area contributed by atoms with Gasteiger partial charge >= 0.3 is 0 Å². The number of rotatable bonds is 1. The lowest BCUT2D eigenvalue weighted by molar-refractivity contribution is -0.149. The first-order valence-corrected chi connectivity index (χ1v) is 5.35. The van der Waals surface area contributed by atoms with Gasteiger partial charge in [-0.2, -0.15) is 0 Å². The first-order valence-electron chi connectivity index (χ1n) is 5.35. The minimum atomic E-state index is -0.330. The molecule has 1 N–H and O–H groups in total. The van der Waals surface area contributed by atoms with Crippen LogP contribution in [0.25, 0.3) is 0 Å². The number of carbonyl (C=O) groups excluding carboxylic acids is 1. The van der Waals surface area contributed by atoms with E-state index in [9.17, 15) is 9.90 Å². The molecule has 0 bridgehead atoms. The molecule has 0 aliphatic carbocycles. The number of hydrogen-bond acceptors (Lipinski definition) is 2. The summed E-state index contributed by atoms with van der Waals surface area (Å²) < 4.78 is 0. The van der Waals surface area contributed by atoms with E-state index in [1.54, 1.807) is 0 Å². The monoisotopic (exact) mass is 211 g/mol. The number of aliphatic hydroxyl groups is 1. The third-order valence-corrected chi connectivity index (χ3v) is 3.08. The first kappa shape index (κ1) is 12.2. The van der Waals surface area contributed by atoms with Gasteiger partial charge in [-0.15, -0.1) is 0 Å². The second-order valence-electron chi connectivity index (χ2n) is 5.56. The van der Waals surface area contributed by atoms with Crippen LogP contribution in [0.2, 0.25) is 0 Å². The van der Waals surface area contributed by atoms with E-state index < -0.39 is 0 Å². The zero-order valence-electron chi connectivity index (χ0n) is 10.1.